The molecule has 5 heteroatoms. The van der Waals surface area contributed by atoms with E-state index in [1.165, 1.54) is 0 Å². The van der Waals surface area contributed by atoms with Gasteiger partial charge in [-0.05, 0) is 57.8 Å². The summed E-state index contributed by atoms with van der Waals surface area (Å²) in [4.78, 5) is 35.9. The molecule has 2 rings (SSSR count). The predicted octanol–water partition coefficient (Wildman–Crippen LogP) is 3.60. The lowest BCUT2D eigenvalue weighted by molar-refractivity contribution is -0.155. The quantitative estimate of drug-likeness (QED) is 0.513. The van der Waals surface area contributed by atoms with E-state index in [2.05, 4.69) is 0 Å². The van der Waals surface area contributed by atoms with Gasteiger partial charge in [0, 0.05) is 12.8 Å². The number of carbonyl (C=O) groups excluding carboxylic acids is 2. The number of carboxylic acid groups (broad SMARTS) is 1. The Morgan fingerprint density at radius 2 is 1.96 bits per heavy atom. The molecule has 3 unspecified atom stereocenters. The Morgan fingerprint density at radius 3 is 2.46 bits per heavy atom. The van der Waals surface area contributed by atoms with Crippen LogP contribution in [-0.4, -0.2) is 29.4 Å². The highest BCUT2D eigenvalue weighted by atomic mass is 16.5. The highest BCUT2D eigenvalue weighted by Crippen LogP contribution is 2.57. The maximum atomic E-state index is 12.3. The van der Waals surface area contributed by atoms with Gasteiger partial charge >= 0.3 is 11.9 Å². The van der Waals surface area contributed by atoms with Crippen LogP contribution < -0.4 is 0 Å². The lowest BCUT2D eigenvalue weighted by atomic mass is 9.69. The number of carboxylic acids is 1. The first-order valence-corrected chi connectivity index (χ1v) is 9.13. The molecule has 2 fully saturated rings. The van der Waals surface area contributed by atoms with E-state index in [-0.39, 0.29) is 37.1 Å². The third-order valence-corrected chi connectivity index (χ3v) is 6.18. The smallest absolute Gasteiger partial charge is 0.311 e. The Hall–Kier alpha value is -1.39. The van der Waals surface area contributed by atoms with Gasteiger partial charge in [0.15, 0.2) is 0 Å². The Balaban J connectivity index is 1.77. The molecule has 2 aliphatic rings. The van der Waals surface area contributed by atoms with Crippen molar-refractivity contribution in [3.8, 4) is 0 Å². The number of carbonyl (C=O) groups is 3. The summed E-state index contributed by atoms with van der Waals surface area (Å²) in [5.74, 6) is -0.425. The Bertz CT molecular complexity index is 510. The Morgan fingerprint density at radius 1 is 1.25 bits per heavy atom. The van der Waals surface area contributed by atoms with Gasteiger partial charge in [0.2, 0.25) is 0 Å². The summed E-state index contributed by atoms with van der Waals surface area (Å²) in [7, 11) is 0. The number of Topliss-reactive ketones (excluding diaryl/α,β-unsaturated/α-hetero) is 1. The van der Waals surface area contributed by atoms with Gasteiger partial charge in [-0.25, -0.2) is 0 Å². The SMILES string of the molecule is CCC(C)(C)C(=O)OCCCC(=O)CC1(C(=O)O)CC2CCC1C2. The fourth-order valence-electron chi connectivity index (χ4n) is 4.21. The zero-order valence-electron chi connectivity index (χ0n) is 15.1. The third kappa shape index (κ3) is 3.81. The predicted molar refractivity (Wildman–Crippen MR) is 89.4 cm³/mol. The van der Waals surface area contributed by atoms with E-state index in [0.717, 1.165) is 19.3 Å². The van der Waals surface area contributed by atoms with Crippen LogP contribution in [0.3, 0.4) is 0 Å². The molecule has 0 saturated heterocycles. The van der Waals surface area contributed by atoms with Crippen molar-refractivity contribution in [3.63, 3.8) is 0 Å². The minimum atomic E-state index is -0.832. The highest BCUT2D eigenvalue weighted by molar-refractivity contribution is 5.87. The normalized spacial score (nSPS) is 28.8. The Labute approximate surface area is 144 Å². The fraction of sp³-hybridized carbons (Fsp3) is 0.842. The molecule has 0 aliphatic heterocycles. The van der Waals surface area contributed by atoms with Crippen LogP contribution in [0.25, 0.3) is 0 Å². The number of aliphatic carboxylic acids is 1. The summed E-state index contributed by atoms with van der Waals surface area (Å²) < 4.78 is 5.23. The second-order valence-corrected chi connectivity index (χ2v) is 8.23. The molecule has 5 nitrogen and oxygen atoms in total. The molecule has 0 amide bonds. The summed E-state index contributed by atoms with van der Waals surface area (Å²) >= 11 is 0. The maximum Gasteiger partial charge on any atom is 0.311 e. The second-order valence-electron chi connectivity index (χ2n) is 8.23. The molecule has 0 aromatic heterocycles. The zero-order valence-corrected chi connectivity index (χ0v) is 15.1. The minimum absolute atomic E-state index is 0.0178. The van der Waals surface area contributed by atoms with Gasteiger partial charge in [0.25, 0.3) is 0 Å². The zero-order chi connectivity index (χ0) is 18.0. The molecular formula is C19H30O5. The van der Waals surface area contributed by atoms with E-state index in [0.29, 0.717) is 25.2 Å². The minimum Gasteiger partial charge on any atom is -0.481 e. The van der Waals surface area contributed by atoms with Crippen LogP contribution in [0.15, 0.2) is 0 Å². The van der Waals surface area contributed by atoms with Gasteiger partial charge in [0.1, 0.15) is 5.78 Å². The number of ether oxygens (including phenoxy) is 1. The van der Waals surface area contributed by atoms with Crippen molar-refractivity contribution in [2.24, 2.45) is 22.7 Å². The van der Waals surface area contributed by atoms with Crippen molar-refractivity contribution in [2.45, 2.75) is 72.1 Å². The molecule has 24 heavy (non-hydrogen) atoms. The number of hydrogen-bond acceptors (Lipinski definition) is 4. The first kappa shape index (κ1) is 18.9. The molecule has 0 radical (unpaired) electrons. The lowest BCUT2D eigenvalue weighted by Crippen LogP contribution is -2.38. The summed E-state index contributed by atoms with van der Waals surface area (Å²) in [6.45, 7) is 5.84. The first-order chi connectivity index (χ1) is 11.2. The van der Waals surface area contributed by atoms with Crippen LogP contribution in [0.2, 0.25) is 0 Å². The van der Waals surface area contributed by atoms with E-state index in [1.807, 2.05) is 20.8 Å². The second kappa shape index (κ2) is 7.24. The van der Waals surface area contributed by atoms with Crippen LogP contribution in [-0.2, 0) is 19.1 Å². The molecule has 0 heterocycles. The summed E-state index contributed by atoms with van der Waals surface area (Å²) in [6.07, 6.45) is 5.25. The average molecular weight is 338 g/mol. The van der Waals surface area contributed by atoms with Crippen molar-refractivity contribution in [3.05, 3.63) is 0 Å². The summed E-state index contributed by atoms with van der Waals surface area (Å²) in [5, 5.41) is 9.67. The first-order valence-electron chi connectivity index (χ1n) is 9.13. The number of fused-ring (bicyclic) bond motifs is 2. The van der Waals surface area contributed by atoms with E-state index in [1.54, 1.807) is 0 Å². The Kier molecular flexibility index (Phi) is 5.71. The molecule has 2 aliphatic carbocycles. The fourth-order valence-corrected chi connectivity index (χ4v) is 4.21. The van der Waals surface area contributed by atoms with Crippen molar-refractivity contribution in [2.75, 3.05) is 6.61 Å². The average Bonchev–Trinajstić information content (AvgIpc) is 3.12. The molecular weight excluding hydrogens is 308 g/mol. The van der Waals surface area contributed by atoms with Crippen molar-refractivity contribution in [1.29, 1.82) is 0 Å². The summed E-state index contributed by atoms with van der Waals surface area (Å²) in [6, 6.07) is 0. The molecule has 0 spiro atoms. The molecule has 3 atom stereocenters. The molecule has 136 valence electrons. The van der Waals surface area contributed by atoms with Gasteiger partial charge in [-0.2, -0.15) is 0 Å². The largest absolute Gasteiger partial charge is 0.481 e. The highest BCUT2D eigenvalue weighted by Gasteiger charge is 2.56. The number of esters is 1. The van der Waals surface area contributed by atoms with Gasteiger partial charge in [-0.15, -0.1) is 0 Å². The number of hydrogen-bond donors (Lipinski definition) is 1. The molecule has 1 N–H and O–H groups in total. The van der Waals surface area contributed by atoms with Crippen molar-refractivity contribution < 1.29 is 24.2 Å². The van der Waals surface area contributed by atoms with Crippen LogP contribution in [0.4, 0.5) is 0 Å². The summed E-state index contributed by atoms with van der Waals surface area (Å²) in [5.41, 5.74) is -1.33. The van der Waals surface area contributed by atoms with Crippen molar-refractivity contribution in [1.82, 2.24) is 0 Å². The van der Waals surface area contributed by atoms with Crippen LogP contribution >= 0.6 is 0 Å². The van der Waals surface area contributed by atoms with Gasteiger partial charge in [-0.1, -0.05) is 13.3 Å². The van der Waals surface area contributed by atoms with Gasteiger partial charge in [0.05, 0.1) is 17.4 Å². The maximum absolute atomic E-state index is 12.3. The monoisotopic (exact) mass is 338 g/mol. The molecule has 0 aromatic carbocycles. The third-order valence-electron chi connectivity index (χ3n) is 6.18. The standard InChI is InChI=1S/C19H30O5/c1-4-18(2,3)17(23)24-9-5-6-15(20)12-19(16(21)22)11-13-7-8-14(19)10-13/h13-14H,4-12H2,1-3H3,(H,21,22). The van der Waals surface area contributed by atoms with Gasteiger partial charge in [-0.3, -0.25) is 14.4 Å². The number of rotatable bonds is 9. The number of ketones is 1. The van der Waals surface area contributed by atoms with E-state index in [4.69, 9.17) is 4.74 Å². The van der Waals surface area contributed by atoms with Gasteiger partial charge < -0.3 is 9.84 Å². The van der Waals surface area contributed by atoms with E-state index >= 15 is 0 Å². The molecule has 0 aromatic rings. The topological polar surface area (TPSA) is 80.7 Å². The van der Waals surface area contributed by atoms with Crippen molar-refractivity contribution >= 4 is 17.7 Å². The van der Waals surface area contributed by atoms with E-state index in [9.17, 15) is 19.5 Å². The lowest BCUT2D eigenvalue weighted by Gasteiger charge is -2.33. The molecule has 2 saturated carbocycles. The van der Waals surface area contributed by atoms with Crippen LogP contribution in [0.5, 0.6) is 0 Å². The van der Waals surface area contributed by atoms with Crippen LogP contribution in [0, 0.1) is 22.7 Å². The van der Waals surface area contributed by atoms with E-state index < -0.39 is 16.8 Å². The van der Waals surface area contributed by atoms with Crippen LogP contribution in [0.1, 0.15) is 72.1 Å². The molecule has 2 bridgehead atoms.